The van der Waals surface area contributed by atoms with E-state index < -0.39 is 5.91 Å². The van der Waals surface area contributed by atoms with Gasteiger partial charge in [0.2, 0.25) is 0 Å². The second-order valence-corrected chi connectivity index (χ2v) is 6.18. The van der Waals surface area contributed by atoms with Crippen LogP contribution in [0.1, 0.15) is 39.2 Å². The first kappa shape index (κ1) is 16.1. The van der Waals surface area contributed by atoms with Crippen LogP contribution in [0.3, 0.4) is 0 Å². The molecule has 122 valence electrons. The lowest BCUT2D eigenvalue weighted by Gasteiger charge is -2.15. The maximum atomic E-state index is 12.4. The molecule has 0 aliphatic carbocycles. The van der Waals surface area contributed by atoms with Crippen LogP contribution in [0.4, 0.5) is 0 Å². The smallest absolute Gasteiger partial charge is 0.274 e. The molecule has 2 aromatic carbocycles. The third kappa shape index (κ3) is 3.27. The van der Waals surface area contributed by atoms with E-state index in [0.717, 1.165) is 15.8 Å². The number of nitrogens with one attached hydrogen (secondary N) is 2. The lowest BCUT2D eigenvalue weighted by Crippen LogP contribution is -2.26. The summed E-state index contributed by atoms with van der Waals surface area (Å²) in [6, 6.07) is 11.8. The highest BCUT2D eigenvalue weighted by atomic mass is 32.1. The zero-order chi connectivity index (χ0) is 17.1. The molecule has 1 aromatic heterocycles. The Kier molecular flexibility index (Phi) is 4.54. The van der Waals surface area contributed by atoms with E-state index in [0.29, 0.717) is 11.1 Å². The highest BCUT2D eigenvalue weighted by Crippen LogP contribution is 2.20. The summed E-state index contributed by atoms with van der Waals surface area (Å²) >= 11 is 1.49. The van der Waals surface area contributed by atoms with Crippen LogP contribution < -0.4 is 10.8 Å². The molecule has 0 aliphatic heterocycles. The minimum Gasteiger partial charge on any atom is -0.346 e. The number of hydroxylamine groups is 1. The van der Waals surface area contributed by atoms with Crippen molar-refractivity contribution >= 4 is 33.4 Å². The van der Waals surface area contributed by atoms with Crippen LogP contribution in [-0.2, 0) is 0 Å². The van der Waals surface area contributed by atoms with Gasteiger partial charge in [0.25, 0.3) is 11.8 Å². The van der Waals surface area contributed by atoms with E-state index in [2.05, 4.69) is 10.3 Å². The number of aromatic nitrogens is 1. The van der Waals surface area contributed by atoms with E-state index in [9.17, 15) is 9.59 Å². The van der Waals surface area contributed by atoms with Crippen molar-refractivity contribution in [3.63, 3.8) is 0 Å². The average Bonchev–Trinajstić information content (AvgIpc) is 3.08. The molecule has 0 saturated heterocycles. The van der Waals surface area contributed by atoms with E-state index in [-0.39, 0.29) is 11.9 Å². The van der Waals surface area contributed by atoms with E-state index in [1.165, 1.54) is 11.3 Å². The highest BCUT2D eigenvalue weighted by Gasteiger charge is 2.13. The van der Waals surface area contributed by atoms with Crippen molar-refractivity contribution in [2.45, 2.75) is 13.0 Å². The van der Waals surface area contributed by atoms with Crippen molar-refractivity contribution in [2.24, 2.45) is 0 Å². The number of hydrogen-bond acceptors (Lipinski definition) is 5. The monoisotopic (exact) mass is 341 g/mol. The molecule has 0 bridgehead atoms. The van der Waals surface area contributed by atoms with Gasteiger partial charge in [-0.2, -0.15) is 0 Å². The normalized spacial score (nSPS) is 11.9. The number of thiazole rings is 1. The Morgan fingerprint density at radius 1 is 1.08 bits per heavy atom. The van der Waals surface area contributed by atoms with Gasteiger partial charge in [-0.25, -0.2) is 10.5 Å². The second kappa shape index (κ2) is 6.77. The predicted molar refractivity (Wildman–Crippen MR) is 91.2 cm³/mol. The van der Waals surface area contributed by atoms with Crippen molar-refractivity contribution in [1.82, 2.24) is 15.8 Å². The highest BCUT2D eigenvalue weighted by molar-refractivity contribution is 7.16. The van der Waals surface area contributed by atoms with Crippen molar-refractivity contribution in [2.75, 3.05) is 0 Å². The molecule has 6 nitrogen and oxygen atoms in total. The summed E-state index contributed by atoms with van der Waals surface area (Å²) in [6.45, 7) is 1.87. The van der Waals surface area contributed by atoms with Gasteiger partial charge in [-0.05, 0) is 42.8 Å². The lowest BCUT2D eigenvalue weighted by molar-refractivity contribution is 0.0706. The van der Waals surface area contributed by atoms with Gasteiger partial charge in [-0.1, -0.05) is 12.1 Å². The van der Waals surface area contributed by atoms with Crippen LogP contribution in [0, 0.1) is 0 Å². The van der Waals surface area contributed by atoms with Crippen molar-refractivity contribution in [3.05, 3.63) is 64.7 Å². The summed E-state index contributed by atoms with van der Waals surface area (Å²) < 4.78 is 0.967. The maximum Gasteiger partial charge on any atom is 0.274 e. The Hall–Kier alpha value is -2.77. The van der Waals surface area contributed by atoms with E-state index in [1.807, 2.05) is 19.1 Å². The van der Waals surface area contributed by atoms with Crippen molar-refractivity contribution < 1.29 is 14.8 Å². The van der Waals surface area contributed by atoms with Crippen LogP contribution in [0.25, 0.3) is 10.2 Å². The van der Waals surface area contributed by atoms with Crippen LogP contribution in [0.5, 0.6) is 0 Å². The zero-order valence-corrected chi connectivity index (χ0v) is 13.6. The number of nitrogens with zero attached hydrogens (tertiary/aromatic N) is 1. The molecule has 2 amide bonds. The number of rotatable bonds is 4. The molecule has 3 N–H and O–H groups in total. The van der Waals surface area contributed by atoms with Gasteiger partial charge < -0.3 is 5.32 Å². The molecule has 1 atom stereocenters. The minimum absolute atomic E-state index is 0.171. The number of hydrogen-bond donors (Lipinski definition) is 3. The second-order valence-electron chi connectivity index (χ2n) is 5.29. The number of amides is 2. The Balaban J connectivity index is 1.72. The van der Waals surface area contributed by atoms with Gasteiger partial charge in [0.15, 0.2) is 0 Å². The van der Waals surface area contributed by atoms with Crippen LogP contribution >= 0.6 is 11.3 Å². The van der Waals surface area contributed by atoms with Gasteiger partial charge in [0.05, 0.1) is 21.8 Å². The van der Waals surface area contributed by atoms with Crippen molar-refractivity contribution in [1.29, 1.82) is 0 Å². The van der Waals surface area contributed by atoms with Crippen molar-refractivity contribution in [3.8, 4) is 0 Å². The molecule has 3 aromatic rings. The number of carbonyl (C=O) groups is 2. The summed E-state index contributed by atoms with van der Waals surface area (Å²) in [5.41, 5.74) is 5.99. The maximum absolute atomic E-state index is 12.4. The summed E-state index contributed by atoms with van der Waals surface area (Å²) in [6.07, 6.45) is 0. The fourth-order valence-corrected chi connectivity index (χ4v) is 3.06. The Morgan fingerprint density at radius 3 is 2.50 bits per heavy atom. The molecule has 3 rings (SSSR count). The summed E-state index contributed by atoms with van der Waals surface area (Å²) in [7, 11) is 0. The Bertz CT molecular complexity index is 889. The molecule has 24 heavy (non-hydrogen) atoms. The molecular weight excluding hydrogens is 326 g/mol. The van der Waals surface area contributed by atoms with E-state index >= 15 is 0 Å². The largest absolute Gasteiger partial charge is 0.346 e. The minimum atomic E-state index is -0.573. The van der Waals surface area contributed by atoms with E-state index in [4.69, 9.17) is 5.21 Å². The lowest BCUT2D eigenvalue weighted by atomic mass is 10.1. The molecule has 7 heteroatoms. The van der Waals surface area contributed by atoms with Crippen LogP contribution in [0.2, 0.25) is 0 Å². The SMILES string of the molecule is CC(NC(=O)c1ccc2ncsc2c1)c1ccc(C(=O)NO)cc1. The third-order valence-corrected chi connectivity index (χ3v) is 4.51. The van der Waals surface area contributed by atoms with E-state index in [1.54, 1.807) is 41.3 Å². The Morgan fingerprint density at radius 2 is 1.79 bits per heavy atom. The Labute approximate surface area is 142 Å². The summed E-state index contributed by atoms with van der Waals surface area (Å²) in [4.78, 5) is 27.9. The molecule has 0 saturated carbocycles. The molecule has 1 heterocycles. The topological polar surface area (TPSA) is 91.3 Å². The van der Waals surface area contributed by atoms with Crippen LogP contribution in [-0.4, -0.2) is 22.0 Å². The molecule has 0 aliphatic rings. The standard InChI is InChI=1S/C17H15N3O3S/c1-10(11-2-4-12(5-3-11)17(22)20-23)19-16(21)13-6-7-14-15(8-13)24-9-18-14/h2-10,23H,1H3,(H,19,21)(H,20,22). The molecule has 1 unspecified atom stereocenters. The van der Waals surface area contributed by atoms with Crippen LogP contribution in [0.15, 0.2) is 48.0 Å². The van der Waals surface area contributed by atoms with Gasteiger partial charge >= 0.3 is 0 Å². The van der Waals surface area contributed by atoms with Gasteiger partial charge in [-0.15, -0.1) is 11.3 Å². The van der Waals surface area contributed by atoms with Gasteiger partial charge in [0.1, 0.15) is 0 Å². The number of fused-ring (bicyclic) bond motifs is 1. The molecular formula is C17H15N3O3S. The molecule has 0 spiro atoms. The third-order valence-electron chi connectivity index (χ3n) is 3.72. The first-order valence-electron chi connectivity index (χ1n) is 7.27. The predicted octanol–water partition coefficient (Wildman–Crippen LogP) is 2.91. The summed E-state index contributed by atoms with van der Waals surface area (Å²) in [5.74, 6) is -0.744. The molecule has 0 radical (unpaired) electrons. The fraction of sp³-hybridized carbons (Fsp3) is 0.118. The first-order chi connectivity index (χ1) is 11.6. The first-order valence-corrected chi connectivity index (χ1v) is 8.15. The van der Waals surface area contributed by atoms with Gasteiger partial charge in [-0.3, -0.25) is 14.8 Å². The zero-order valence-electron chi connectivity index (χ0n) is 12.8. The van der Waals surface area contributed by atoms with Gasteiger partial charge in [0, 0.05) is 11.1 Å². The molecule has 0 fully saturated rings. The number of benzene rings is 2. The fourth-order valence-electron chi connectivity index (χ4n) is 2.35. The summed E-state index contributed by atoms with van der Waals surface area (Å²) in [5, 5.41) is 11.5. The quantitative estimate of drug-likeness (QED) is 0.503. The average molecular weight is 341 g/mol. The number of carbonyl (C=O) groups excluding carboxylic acids is 2.